The maximum Gasteiger partial charge on any atom is 0.263 e. The lowest BCUT2D eigenvalue weighted by Gasteiger charge is -2.10. The monoisotopic (exact) mass is 496 g/mol. The molecule has 6 nitrogen and oxygen atoms in total. The van der Waals surface area contributed by atoms with Crippen molar-refractivity contribution in [2.45, 2.75) is 45.6 Å². The van der Waals surface area contributed by atoms with Crippen molar-refractivity contribution in [3.63, 3.8) is 0 Å². The summed E-state index contributed by atoms with van der Waals surface area (Å²) in [5.41, 5.74) is 1.46. The van der Waals surface area contributed by atoms with Gasteiger partial charge in [-0.15, -0.1) is 11.8 Å². The number of carbonyl (C=O) groups is 1. The Hall–Kier alpha value is -3.14. The van der Waals surface area contributed by atoms with Gasteiger partial charge >= 0.3 is 0 Å². The topological polar surface area (TPSA) is 76.9 Å². The van der Waals surface area contributed by atoms with Gasteiger partial charge in [-0.25, -0.2) is 9.97 Å². The van der Waals surface area contributed by atoms with Crippen LogP contribution in [0.25, 0.3) is 0 Å². The molecule has 0 saturated heterocycles. The number of benzene rings is 1. The number of nitrogens with one attached hydrogen (secondary N) is 1. The van der Waals surface area contributed by atoms with Crippen molar-refractivity contribution in [3.05, 3.63) is 91.8 Å². The Labute approximate surface area is 209 Å². The van der Waals surface area contributed by atoms with Gasteiger partial charge in [0.15, 0.2) is 0 Å². The molecule has 2 aromatic heterocycles. The molecule has 176 valence electrons. The van der Waals surface area contributed by atoms with Crippen molar-refractivity contribution >= 4 is 29.1 Å². The van der Waals surface area contributed by atoms with Crippen LogP contribution >= 0.6 is 23.2 Å². The van der Waals surface area contributed by atoms with Crippen LogP contribution < -0.4 is 10.9 Å². The Morgan fingerprint density at radius 1 is 1.12 bits per heavy atom. The van der Waals surface area contributed by atoms with Crippen molar-refractivity contribution in [2.24, 2.45) is 0 Å². The zero-order chi connectivity index (χ0) is 24.3. The molecule has 1 amide bonds. The Kier molecular flexibility index (Phi) is 9.69. The van der Waals surface area contributed by atoms with Crippen molar-refractivity contribution in [2.75, 3.05) is 6.54 Å². The molecule has 0 bridgehead atoms. The molecule has 1 aromatic carbocycles. The van der Waals surface area contributed by atoms with Crippen molar-refractivity contribution in [1.82, 2.24) is 19.9 Å². The van der Waals surface area contributed by atoms with Crippen LogP contribution in [0.2, 0.25) is 10.0 Å². The molecule has 0 unspecified atom stereocenters. The molecule has 0 fully saturated rings. The quantitative estimate of drug-likeness (QED) is 0.344. The maximum absolute atomic E-state index is 12.8. The molecule has 34 heavy (non-hydrogen) atoms. The van der Waals surface area contributed by atoms with Crippen LogP contribution in [-0.2, 0) is 19.4 Å². The van der Waals surface area contributed by atoms with Gasteiger partial charge in [-0.3, -0.25) is 9.59 Å². The number of aromatic nitrogens is 3. The predicted molar refractivity (Wildman–Crippen MR) is 135 cm³/mol. The van der Waals surface area contributed by atoms with Crippen molar-refractivity contribution in [1.29, 1.82) is 0 Å². The van der Waals surface area contributed by atoms with Crippen molar-refractivity contribution < 1.29 is 4.79 Å². The van der Waals surface area contributed by atoms with E-state index in [0.29, 0.717) is 23.0 Å². The van der Waals surface area contributed by atoms with Gasteiger partial charge in [-0.1, -0.05) is 42.3 Å². The third-order valence-corrected chi connectivity index (χ3v) is 5.47. The van der Waals surface area contributed by atoms with Gasteiger partial charge < -0.3 is 9.88 Å². The zero-order valence-corrected chi connectivity index (χ0v) is 20.5. The Morgan fingerprint density at radius 2 is 1.94 bits per heavy atom. The van der Waals surface area contributed by atoms with Crippen molar-refractivity contribution in [3.8, 4) is 11.8 Å². The van der Waals surface area contributed by atoms with E-state index in [-0.39, 0.29) is 12.1 Å². The standard InChI is InChI=1S/C26H26Cl2N4O2/c1-2-22-12-14-29-24(31-22)11-6-4-3-5-7-13-30-25(33)23-16-21(28)18-32(26(23)34)17-19-9-8-10-20(27)15-19/h8-10,12,14-16,18H,2,4,6-7,11,13,17H2,1H3,(H,30,33). The number of pyridine rings is 1. The highest BCUT2D eigenvalue weighted by molar-refractivity contribution is 6.31. The minimum absolute atomic E-state index is 0.00297. The predicted octanol–water partition coefficient (Wildman–Crippen LogP) is 4.70. The number of carbonyl (C=O) groups excluding carboxylic acids is 1. The van der Waals surface area contributed by atoms with E-state index in [1.165, 1.54) is 16.8 Å². The molecule has 3 aromatic rings. The SMILES string of the molecule is CCc1ccnc(CCCC#CCCNC(=O)c2cc(Cl)cn(Cc3cccc(Cl)c3)c2=O)n1. The summed E-state index contributed by atoms with van der Waals surface area (Å²) >= 11 is 12.2. The van der Waals surface area contributed by atoms with Crippen LogP contribution in [0.1, 0.15) is 53.6 Å². The van der Waals surface area contributed by atoms with Gasteiger partial charge in [0.2, 0.25) is 0 Å². The molecule has 1 N–H and O–H groups in total. The molecule has 0 radical (unpaired) electrons. The minimum atomic E-state index is -0.470. The molecule has 3 rings (SSSR count). The summed E-state index contributed by atoms with van der Waals surface area (Å²) in [7, 11) is 0. The largest absolute Gasteiger partial charge is 0.351 e. The van der Waals surface area contributed by atoms with Gasteiger partial charge in [0.05, 0.1) is 11.6 Å². The molecule has 2 heterocycles. The third kappa shape index (κ3) is 7.72. The first-order chi connectivity index (χ1) is 16.5. The van der Waals surface area contributed by atoms with E-state index in [0.717, 1.165) is 42.8 Å². The second-order valence-electron chi connectivity index (χ2n) is 7.67. The van der Waals surface area contributed by atoms with Crippen LogP contribution in [0, 0.1) is 11.8 Å². The van der Waals surface area contributed by atoms with E-state index >= 15 is 0 Å². The van der Waals surface area contributed by atoms with Crippen LogP contribution in [0.5, 0.6) is 0 Å². The second kappa shape index (κ2) is 12.9. The molecule has 0 aliphatic rings. The van der Waals surface area contributed by atoms with E-state index in [1.54, 1.807) is 24.4 Å². The summed E-state index contributed by atoms with van der Waals surface area (Å²) in [5, 5.41) is 3.62. The molecule has 0 saturated carbocycles. The molecule has 0 atom stereocenters. The van der Waals surface area contributed by atoms with E-state index in [9.17, 15) is 9.59 Å². The lowest BCUT2D eigenvalue weighted by Crippen LogP contribution is -2.33. The number of amides is 1. The molecule has 8 heteroatoms. The molecular weight excluding hydrogens is 471 g/mol. The van der Waals surface area contributed by atoms with Crippen LogP contribution in [0.3, 0.4) is 0 Å². The minimum Gasteiger partial charge on any atom is -0.351 e. The van der Waals surface area contributed by atoms with E-state index < -0.39 is 11.5 Å². The highest BCUT2D eigenvalue weighted by atomic mass is 35.5. The van der Waals surface area contributed by atoms with Crippen LogP contribution in [-0.4, -0.2) is 27.0 Å². The van der Waals surface area contributed by atoms with Gasteiger partial charge in [0.25, 0.3) is 11.5 Å². The number of hydrogen-bond donors (Lipinski definition) is 1. The number of halogens is 2. The molecular formula is C26H26Cl2N4O2. The van der Waals surface area contributed by atoms with Gasteiger partial charge in [0.1, 0.15) is 11.4 Å². The average molecular weight is 497 g/mol. The maximum atomic E-state index is 12.8. The molecule has 0 aliphatic heterocycles. The Balaban J connectivity index is 1.48. The van der Waals surface area contributed by atoms with Gasteiger partial charge in [-0.05, 0) is 42.7 Å². The first kappa shape index (κ1) is 25.5. The highest BCUT2D eigenvalue weighted by Gasteiger charge is 2.14. The fourth-order valence-corrected chi connectivity index (χ4v) is 3.76. The molecule has 0 aliphatic carbocycles. The summed E-state index contributed by atoms with van der Waals surface area (Å²) < 4.78 is 1.41. The fourth-order valence-electron chi connectivity index (χ4n) is 3.32. The smallest absolute Gasteiger partial charge is 0.263 e. The van der Waals surface area contributed by atoms with Gasteiger partial charge in [-0.2, -0.15) is 0 Å². The molecule has 0 spiro atoms. The highest BCUT2D eigenvalue weighted by Crippen LogP contribution is 2.13. The lowest BCUT2D eigenvalue weighted by molar-refractivity contribution is 0.0952. The first-order valence-corrected chi connectivity index (χ1v) is 11.9. The van der Waals surface area contributed by atoms with E-state index in [4.69, 9.17) is 23.2 Å². The first-order valence-electron chi connectivity index (χ1n) is 11.2. The summed E-state index contributed by atoms with van der Waals surface area (Å²) in [4.78, 5) is 34.1. The second-order valence-corrected chi connectivity index (χ2v) is 8.54. The number of nitrogens with zero attached hydrogens (tertiary/aromatic N) is 3. The van der Waals surface area contributed by atoms with Crippen LogP contribution in [0.15, 0.2) is 53.6 Å². The number of aryl methyl sites for hydroxylation is 2. The summed E-state index contributed by atoms with van der Waals surface area (Å²) in [5.74, 6) is 6.53. The normalized spacial score (nSPS) is 10.4. The summed E-state index contributed by atoms with van der Waals surface area (Å²) in [6.45, 7) is 2.67. The third-order valence-electron chi connectivity index (χ3n) is 5.03. The fraction of sp³-hybridized carbons (Fsp3) is 0.308. The Morgan fingerprint density at radius 3 is 2.74 bits per heavy atom. The van der Waals surface area contributed by atoms with E-state index in [2.05, 4.69) is 34.0 Å². The van der Waals surface area contributed by atoms with E-state index in [1.807, 2.05) is 12.1 Å². The zero-order valence-electron chi connectivity index (χ0n) is 19.0. The number of rotatable bonds is 9. The number of hydrogen-bond acceptors (Lipinski definition) is 4. The average Bonchev–Trinajstić information content (AvgIpc) is 2.83. The Bertz CT molecular complexity index is 1260. The number of unbranched alkanes of at least 4 members (excludes halogenated alkanes) is 1. The summed E-state index contributed by atoms with van der Waals surface area (Å²) in [6.07, 6.45) is 7.09. The van der Waals surface area contributed by atoms with Gasteiger partial charge in [0, 0.05) is 48.9 Å². The summed E-state index contributed by atoms with van der Waals surface area (Å²) in [6, 6.07) is 10.5. The lowest BCUT2D eigenvalue weighted by atomic mass is 10.2. The van der Waals surface area contributed by atoms with Crippen LogP contribution in [0.4, 0.5) is 0 Å².